The lowest BCUT2D eigenvalue weighted by Crippen LogP contribution is -2.50. The number of ether oxygens (including phenoxy) is 1. The van der Waals surface area contributed by atoms with Crippen molar-refractivity contribution in [3.8, 4) is 17.1 Å². The zero-order valence-corrected chi connectivity index (χ0v) is 23.3. The Kier molecular flexibility index (Phi) is 8.57. The van der Waals surface area contributed by atoms with Crippen LogP contribution in [0.25, 0.3) is 11.4 Å². The van der Waals surface area contributed by atoms with E-state index in [4.69, 9.17) is 4.74 Å². The van der Waals surface area contributed by atoms with Gasteiger partial charge < -0.3 is 10.1 Å². The second-order valence-corrected chi connectivity index (χ2v) is 10.4. The number of aromatic nitrogens is 4. The van der Waals surface area contributed by atoms with Crippen molar-refractivity contribution in [2.75, 3.05) is 11.5 Å². The maximum atomic E-state index is 15.2. The third-order valence-electron chi connectivity index (χ3n) is 5.93. The van der Waals surface area contributed by atoms with Gasteiger partial charge in [-0.1, -0.05) is 54.1 Å². The highest BCUT2D eigenvalue weighted by Gasteiger charge is 2.36. The van der Waals surface area contributed by atoms with Gasteiger partial charge in [0.1, 0.15) is 24.2 Å². The van der Waals surface area contributed by atoms with Gasteiger partial charge in [0.25, 0.3) is 5.91 Å². The Bertz CT molecular complexity index is 1460. The average Bonchev–Trinajstić information content (AvgIpc) is 3.36. The molecule has 1 unspecified atom stereocenters. The van der Waals surface area contributed by atoms with Crippen molar-refractivity contribution in [1.29, 1.82) is 0 Å². The predicted octanol–water partition coefficient (Wildman–Crippen LogP) is 4.88. The van der Waals surface area contributed by atoms with E-state index in [0.717, 1.165) is 20.8 Å². The van der Waals surface area contributed by atoms with Gasteiger partial charge in [-0.25, -0.2) is 4.39 Å². The number of para-hydroxylation sites is 1. The fraction of sp³-hybridized carbons (Fsp3) is 0.300. The van der Waals surface area contributed by atoms with Gasteiger partial charge in [0, 0.05) is 11.1 Å². The van der Waals surface area contributed by atoms with Crippen molar-refractivity contribution >= 4 is 17.5 Å². The second kappa shape index (κ2) is 12.1. The number of aryl methyl sites for hydroxylation is 1. The molecule has 1 N–H and O–H groups in total. The van der Waals surface area contributed by atoms with Crippen LogP contribution >= 0.6 is 0 Å². The Balaban J connectivity index is 1.75. The van der Waals surface area contributed by atoms with Crippen LogP contribution in [0, 0.1) is 12.7 Å². The fourth-order valence-corrected chi connectivity index (χ4v) is 4.16. The molecule has 0 radical (unpaired) electrons. The summed E-state index contributed by atoms with van der Waals surface area (Å²) >= 11 is 0. The first-order valence-corrected chi connectivity index (χ1v) is 13.0. The summed E-state index contributed by atoms with van der Waals surface area (Å²) in [5.74, 6) is -0.762. The van der Waals surface area contributed by atoms with Gasteiger partial charge in [0.2, 0.25) is 11.7 Å². The summed E-state index contributed by atoms with van der Waals surface area (Å²) in [5.41, 5.74) is 1.65. The number of amides is 2. The number of anilines is 1. The highest BCUT2D eigenvalue weighted by atomic mass is 19.1. The van der Waals surface area contributed by atoms with E-state index in [9.17, 15) is 9.59 Å². The van der Waals surface area contributed by atoms with Crippen LogP contribution in [-0.2, 0) is 16.1 Å². The van der Waals surface area contributed by atoms with Gasteiger partial charge in [-0.2, -0.15) is 4.80 Å². The molecule has 0 fully saturated rings. The number of hydrogen-bond donors (Lipinski definition) is 1. The molecule has 4 aromatic rings. The summed E-state index contributed by atoms with van der Waals surface area (Å²) in [6, 6.07) is 19.1. The zero-order chi connectivity index (χ0) is 28.9. The largest absolute Gasteiger partial charge is 0.494 e. The molecule has 1 atom stereocenters. The predicted molar refractivity (Wildman–Crippen MR) is 150 cm³/mol. The maximum absolute atomic E-state index is 15.2. The molecule has 0 aliphatic rings. The van der Waals surface area contributed by atoms with Crippen LogP contribution in [0.4, 0.5) is 10.1 Å². The minimum absolute atomic E-state index is 0.0469. The Labute approximate surface area is 233 Å². The summed E-state index contributed by atoms with van der Waals surface area (Å²) in [6.07, 6.45) is 0. The van der Waals surface area contributed by atoms with E-state index < -0.39 is 29.2 Å². The third-order valence-corrected chi connectivity index (χ3v) is 5.93. The van der Waals surface area contributed by atoms with E-state index in [0.29, 0.717) is 23.7 Å². The molecular formula is C30H33FN6O3. The minimum Gasteiger partial charge on any atom is -0.494 e. The fourth-order valence-electron chi connectivity index (χ4n) is 4.16. The SMILES string of the molecule is CCOc1ccc(C(C(=O)NC(C)(C)C)N(C(=O)Cn2nnc(-c3ccc(C)cc3)n2)c2ccccc2F)cc1. The number of carbonyl (C=O) groups is 2. The molecule has 0 saturated carbocycles. The first kappa shape index (κ1) is 28.4. The number of halogens is 1. The number of nitrogens with one attached hydrogen (secondary N) is 1. The topological polar surface area (TPSA) is 102 Å². The molecule has 10 heteroatoms. The molecule has 208 valence electrons. The van der Waals surface area contributed by atoms with Crippen LogP contribution in [0.1, 0.15) is 44.9 Å². The lowest BCUT2D eigenvalue weighted by Gasteiger charge is -2.33. The van der Waals surface area contributed by atoms with Crippen molar-refractivity contribution in [3.05, 3.63) is 89.7 Å². The van der Waals surface area contributed by atoms with E-state index in [1.54, 1.807) is 30.3 Å². The van der Waals surface area contributed by atoms with E-state index in [1.165, 1.54) is 18.2 Å². The molecule has 1 aromatic heterocycles. The standard InChI is InChI=1S/C30H33FN6O3/c1-6-40-23-17-15-21(16-18-23)27(29(39)32-30(3,4)5)37(25-10-8-7-9-24(25)31)26(38)19-36-34-28(33-35-36)22-13-11-20(2)12-14-22/h7-18,27H,6,19H2,1-5H3,(H,32,39). The summed E-state index contributed by atoms with van der Waals surface area (Å²) < 4.78 is 20.8. The quantitative estimate of drug-likeness (QED) is 0.322. The second-order valence-electron chi connectivity index (χ2n) is 10.4. The van der Waals surface area contributed by atoms with Crippen LogP contribution in [-0.4, -0.2) is 44.2 Å². The molecule has 3 aromatic carbocycles. The zero-order valence-electron chi connectivity index (χ0n) is 23.3. The van der Waals surface area contributed by atoms with Gasteiger partial charge >= 0.3 is 0 Å². The Morgan fingerprint density at radius 1 is 1.02 bits per heavy atom. The molecule has 0 bridgehead atoms. The summed E-state index contributed by atoms with van der Waals surface area (Å²) in [4.78, 5) is 30.0. The molecule has 40 heavy (non-hydrogen) atoms. The van der Waals surface area contributed by atoms with Crippen LogP contribution in [0.2, 0.25) is 0 Å². The number of carbonyl (C=O) groups excluding carboxylic acids is 2. The monoisotopic (exact) mass is 544 g/mol. The number of hydrogen-bond acceptors (Lipinski definition) is 6. The van der Waals surface area contributed by atoms with Gasteiger partial charge in [0.05, 0.1) is 12.3 Å². The van der Waals surface area contributed by atoms with Crippen LogP contribution in [0.3, 0.4) is 0 Å². The Morgan fingerprint density at radius 2 is 1.70 bits per heavy atom. The smallest absolute Gasteiger partial charge is 0.251 e. The lowest BCUT2D eigenvalue weighted by atomic mass is 10.0. The van der Waals surface area contributed by atoms with Gasteiger partial charge in [-0.05, 0) is 69.7 Å². The minimum atomic E-state index is -1.20. The number of benzene rings is 3. The molecule has 4 rings (SSSR count). The molecule has 0 saturated heterocycles. The van der Waals surface area contributed by atoms with E-state index >= 15 is 4.39 Å². The van der Waals surface area contributed by atoms with Crippen LogP contribution < -0.4 is 15.0 Å². The molecule has 0 spiro atoms. The summed E-state index contributed by atoms with van der Waals surface area (Å²) in [5, 5.41) is 15.4. The Morgan fingerprint density at radius 3 is 2.33 bits per heavy atom. The highest BCUT2D eigenvalue weighted by Crippen LogP contribution is 2.32. The Hall–Kier alpha value is -4.60. The maximum Gasteiger partial charge on any atom is 0.251 e. The first-order valence-electron chi connectivity index (χ1n) is 13.0. The molecular weight excluding hydrogens is 511 g/mol. The molecule has 1 heterocycles. The van der Waals surface area contributed by atoms with E-state index in [1.807, 2.05) is 58.9 Å². The third kappa shape index (κ3) is 6.88. The van der Waals surface area contributed by atoms with Gasteiger partial charge in [-0.3, -0.25) is 14.5 Å². The number of rotatable bonds is 9. The number of tetrazole rings is 1. The van der Waals surface area contributed by atoms with Crippen molar-refractivity contribution < 1.29 is 18.7 Å². The number of nitrogens with zero attached hydrogens (tertiary/aromatic N) is 5. The molecule has 9 nitrogen and oxygen atoms in total. The van der Waals surface area contributed by atoms with Gasteiger partial charge in [0.15, 0.2) is 0 Å². The molecule has 0 aliphatic heterocycles. The van der Waals surface area contributed by atoms with Crippen molar-refractivity contribution in [2.24, 2.45) is 0 Å². The van der Waals surface area contributed by atoms with E-state index in [-0.39, 0.29) is 12.2 Å². The normalized spacial score (nSPS) is 12.1. The van der Waals surface area contributed by atoms with Crippen molar-refractivity contribution in [3.63, 3.8) is 0 Å². The average molecular weight is 545 g/mol. The first-order chi connectivity index (χ1) is 19.1. The lowest BCUT2D eigenvalue weighted by molar-refractivity contribution is -0.128. The van der Waals surface area contributed by atoms with Crippen LogP contribution in [0.15, 0.2) is 72.8 Å². The van der Waals surface area contributed by atoms with Crippen molar-refractivity contribution in [1.82, 2.24) is 25.5 Å². The van der Waals surface area contributed by atoms with Crippen molar-refractivity contribution in [2.45, 2.75) is 52.7 Å². The molecule has 2 amide bonds. The summed E-state index contributed by atoms with van der Waals surface area (Å²) in [7, 11) is 0. The van der Waals surface area contributed by atoms with Crippen LogP contribution in [0.5, 0.6) is 5.75 Å². The summed E-state index contributed by atoms with van der Waals surface area (Å²) in [6.45, 7) is 9.45. The highest BCUT2D eigenvalue weighted by molar-refractivity contribution is 6.01. The van der Waals surface area contributed by atoms with Gasteiger partial charge in [-0.15, -0.1) is 10.2 Å². The van der Waals surface area contributed by atoms with E-state index in [2.05, 4.69) is 20.7 Å². The molecule has 0 aliphatic carbocycles.